The third kappa shape index (κ3) is 3.91. The minimum absolute atomic E-state index is 0.0517. The Kier molecular flexibility index (Phi) is 4.88. The van der Waals surface area contributed by atoms with Gasteiger partial charge in [0.15, 0.2) is 0 Å². The van der Waals surface area contributed by atoms with Crippen LogP contribution in [-0.4, -0.2) is 48.0 Å². The first-order valence-electron chi connectivity index (χ1n) is 8.24. The first kappa shape index (κ1) is 16.8. The number of piperazine rings is 1. The summed E-state index contributed by atoms with van der Waals surface area (Å²) >= 11 is 0. The molecule has 2 amide bonds. The van der Waals surface area contributed by atoms with Gasteiger partial charge in [0.2, 0.25) is 5.91 Å². The third-order valence-electron chi connectivity index (χ3n) is 4.22. The predicted molar refractivity (Wildman–Crippen MR) is 97.0 cm³/mol. The molecule has 2 aromatic rings. The summed E-state index contributed by atoms with van der Waals surface area (Å²) in [5.74, 6) is 0.0373. The lowest BCUT2D eigenvalue weighted by Gasteiger charge is -2.36. The quantitative estimate of drug-likeness (QED) is 0.900. The van der Waals surface area contributed by atoms with E-state index in [1.807, 2.05) is 12.1 Å². The van der Waals surface area contributed by atoms with Crippen LogP contribution in [-0.2, 0) is 4.79 Å². The third-order valence-corrected chi connectivity index (χ3v) is 4.22. The number of carbonyl (C=O) groups excluding carboxylic acids is 2. The number of nitrogens with zero attached hydrogens (tertiary/aromatic N) is 2. The highest BCUT2D eigenvalue weighted by Crippen LogP contribution is 2.27. The molecule has 2 N–H and O–H groups in total. The van der Waals surface area contributed by atoms with E-state index in [9.17, 15) is 14.7 Å². The molecule has 2 aromatic carbocycles. The minimum Gasteiger partial charge on any atom is -0.506 e. The molecule has 6 nitrogen and oxygen atoms in total. The lowest BCUT2D eigenvalue weighted by atomic mass is 10.1. The van der Waals surface area contributed by atoms with Crippen LogP contribution in [0.25, 0.3) is 0 Å². The van der Waals surface area contributed by atoms with Crippen LogP contribution >= 0.6 is 0 Å². The van der Waals surface area contributed by atoms with Gasteiger partial charge in [0, 0.05) is 44.4 Å². The van der Waals surface area contributed by atoms with E-state index < -0.39 is 0 Å². The van der Waals surface area contributed by atoms with Crippen molar-refractivity contribution in [2.75, 3.05) is 36.4 Å². The number of nitrogens with one attached hydrogen (secondary N) is 1. The fourth-order valence-corrected chi connectivity index (χ4v) is 3.00. The van der Waals surface area contributed by atoms with E-state index in [1.165, 1.54) is 6.92 Å². The van der Waals surface area contributed by atoms with Crippen LogP contribution in [0.1, 0.15) is 17.3 Å². The average Bonchev–Trinajstić information content (AvgIpc) is 2.61. The largest absolute Gasteiger partial charge is 0.506 e. The van der Waals surface area contributed by atoms with E-state index in [4.69, 9.17) is 0 Å². The van der Waals surface area contributed by atoms with Gasteiger partial charge in [0.1, 0.15) is 5.75 Å². The van der Waals surface area contributed by atoms with Crippen molar-refractivity contribution in [3.8, 4) is 5.75 Å². The number of anilines is 2. The Labute approximate surface area is 146 Å². The molecule has 1 fully saturated rings. The number of rotatable bonds is 3. The van der Waals surface area contributed by atoms with Crippen molar-refractivity contribution in [2.24, 2.45) is 0 Å². The molecule has 1 aliphatic heterocycles. The molecule has 0 saturated carbocycles. The Morgan fingerprint density at radius 1 is 1.00 bits per heavy atom. The summed E-state index contributed by atoms with van der Waals surface area (Å²) in [6.07, 6.45) is 0. The molecule has 130 valence electrons. The van der Waals surface area contributed by atoms with Crippen LogP contribution in [0.15, 0.2) is 48.5 Å². The van der Waals surface area contributed by atoms with Gasteiger partial charge in [-0.25, -0.2) is 0 Å². The molecule has 0 spiro atoms. The molecular weight excluding hydrogens is 318 g/mol. The zero-order valence-corrected chi connectivity index (χ0v) is 14.1. The highest BCUT2D eigenvalue weighted by atomic mass is 16.3. The predicted octanol–water partition coefficient (Wildman–Crippen LogP) is 2.31. The summed E-state index contributed by atoms with van der Waals surface area (Å²) in [5, 5.41) is 12.7. The zero-order chi connectivity index (χ0) is 17.8. The second-order valence-electron chi connectivity index (χ2n) is 6.03. The van der Waals surface area contributed by atoms with Gasteiger partial charge in [-0.2, -0.15) is 0 Å². The standard InChI is InChI=1S/C19H21N3O3/c1-14(23)20-16-6-4-5-15(13-16)19(25)22-11-9-21(10-12-22)17-7-2-3-8-18(17)24/h2-8,13,24H,9-12H2,1H3,(H,20,23). The van der Waals surface area contributed by atoms with E-state index in [0.29, 0.717) is 37.4 Å². The topological polar surface area (TPSA) is 72.9 Å². The Hall–Kier alpha value is -3.02. The van der Waals surface area contributed by atoms with Gasteiger partial charge >= 0.3 is 0 Å². The number of hydrogen-bond donors (Lipinski definition) is 2. The molecule has 3 rings (SSSR count). The molecule has 1 saturated heterocycles. The van der Waals surface area contributed by atoms with Crippen LogP contribution in [0.4, 0.5) is 11.4 Å². The van der Waals surface area contributed by atoms with E-state index in [2.05, 4.69) is 10.2 Å². The zero-order valence-electron chi connectivity index (χ0n) is 14.1. The maximum absolute atomic E-state index is 12.7. The second kappa shape index (κ2) is 7.25. The van der Waals surface area contributed by atoms with Gasteiger partial charge < -0.3 is 20.2 Å². The molecule has 6 heteroatoms. The van der Waals surface area contributed by atoms with Gasteiger partial charge in [0.05, 0.1) is 5.69 Å². The molecule has 0 aliphatic carbocycles. The van der Waals surface area contributed by atoms with Crippen molar-refractivity contribution in [2.45, 2.75) is 6.92 Å². The van der Waals surface area contributed by atoms with Crippen molar-refractivity contribution in [1.29, 1.82) is 0 Å². The Bertz CT molecular complexity index is 783. The SMILES string of the molecule is CC(=O)Nc1cccc(C(=O)N2CCN(c3ccccc3O)CC2)c1. The summed E-state index contributed by atoms with van der Waals surface area (Å²) in [7, 11) is 0. The van der Waals surface area contributed by atoms with E-state index in [-0.39, 0.29) is 17.6 Å². The molecule has 0 atom stereocenters. The number of phenols is 1. The number of amides is 2. The smallest absolute Gasteiger partial charge is 0.254 e. The summed E-state index contributed by atoms with van der Waals surface area (Å²) in [6, 6.07) is 14.2. The highest BCUT2D eigenvalue weighted by molar-refractivity contribution is 5.97. The van der Waals surface area contributed by atoms with Crippen molar-refractivity contribution in [1.82, 2.24) is 4.90 Å². The number of benzene rings is 2. The van der Waals surface area contributed by atoms with Gasteiger partial charge in [-0.3, -0.25) is 9.59 Å². The number of carbonyl (C=O) groups is 2. The number of hydrogen-bond acceptors (Lipinski definition) is 4. The second-order valence-corrected chi connectivity index (χ2v) is 6.03. The summed E-state index contributed by atoms with van der Waals surface area (Å²) in [6.45, 7) is 3.92. The van der Waals surface area contributed by atoms with E-state index in [0.717, 1.165) is 5.69 Å². The Morgan fingerprint density at radius 3 is 2.40 bits per heavy atom. The molecule has 0 bridgehead atoms. The van der Waals surface area contributed by atoms with E-state index >= 15 is 0 Å². The van der Waals surface area contributed by atoms with Crippen molar-refractivity contribution in [3.63, 3.8) is 0 Å². The number of aromatic hydroxyl groups is 1. The maximum atomic E-state index is 12.7. The van der Waals surface area contributed by atoms with Crippen LogP contribution in [0, 0.1) is 0 Å². The van der Waals surface area contributed by atoms with Crippen LogP contribution < -0.4 is 10.2 Å². The molecule has 0 unspecified atom stereocenters. The first-order chi connectivity index (χ1) is 12.0. The molecule has 0 aromatic heterocycles. The first-order valence-corrected chi connectivity index (χ1v) is 8.24. The molecule has 1 heterocycles. The fraction of sp³-hybridized carbons (Fsp3) is 0.263. The monoisotopic (exact) mass is 339 g/mol. The normalized spacial score (nSPS) is 14.3. The maximum Gasteiger partial charge on any atom is 0.254 e. The van der Waals surface area contributed by atoms with Gasteiger partial charge in [0.25, 0.3) is 5.91 Å². The lowest BCUT2D eigenvalue weighted by Crippen LogP contribution is -2.48. The molecular formula is C19H21N3O3. The van der Waals surface area contributed by atoms with Gasteiger partial charge in [-0.1, -0.05) is 18.2 Å². The summed E-state index contributed by atoms with van der Waals surface area (Å²) in [4.78, 5) is 27.7. The number of para-hydroxylation sites is 2. The van der Waals surface area contributed by atoms with Crippen molar-refractivity contribution in [3.05, 3.63) is 54.1 Å². The Morgan fingerprint density at radius 2 is 1.72 bits per heavy atom. The van der Waals surface area contributed by atoms with Crippen molar-refractivity contribution >= 4 is 23.2 Å². The molecule has 25 heavy (non-hydrogen) atoms. The highest BCUT2D eigenvalue weighted by Gasteiger charge is 2.23. The molecule has 0 radical (unpaired) electrons. The van der Waals surface area contributed by atoms with Crippen LogP contribution in [0.3, 0.4) is 0 Å². The van der Waals surface area contributed by atoms with Gasteiger partial charge in [-0.05, 0) is 30.3 Å². The van der Waals surface area contributed by atoms with Crippen LogP contribution in [0.5, 0.6) is 5.75 Å². The number of phenolic OH excluding ortho intramolecular Hbond substituents is 1. The summed E-state index contributed by atoms with van der Waals surface area (Å²) < 4.78 is 0. The molecule has 1 aliphatic rings. The van der Waals surface area contributed by atoms with Crippen LogP contribution in [0.2, 0.25) is 0 Å². The Balaban J connectivity index is 1.66. The van der Waals surface area contributed by atoms with Crippen molar-refractivity contribution < 1.29 is 14.7 Å². The van der Waals surface area contributed by atoms with Gasteiger partial charge in [-0.15, -0.1) is 0 Å². The summed E-state index contributed by atoms with van der Waals surface area (Å²) in [5.41, 5.74) is 1.97. The average molecular weight is 339 g/mol. The minimum atomic E-state index is -0.166. The lowest BCUT2D eigenvalue weighted by molar-refractivity contribution is -0.114. The fourth-order valence-electron chi connectivity index (χ4n) is 3.00. The van der Waals surface area contributed by atoms with E-state index in [1.54, 1.807) is 41.3 Å².